The van der Waals surface area contributed by atoms with E-state index >= 15 is 0 Å². The van der Waals surface area contributed by atoms with E-state index in [1.54, 1.807) is 0 Å². The average Bonchev–Trinajstić information content (AvgIpc) is 2.46. The molecule has 8 heteroatoms. The number of carbonyl (C=O) groups is 1. The lowest BCUT2D eigenvalue weighted by molar-refractivity contribution is 0.0624. The minimum atomic E-state index is -3.96. The van der Waals surface area contributed by atoms with Crippen LogP contribution in [0.1, 0.15) is 23.2 Å². The number of benzene rings is 1. The number of hydrogen-bond acceptors (Lipinski definition) is 5. The van der Waals surface area contributed by atoms with Crippen LogP contribution >= 0.6 is 0 Å². The van der Waals surface area contributed by atoms with Crippen LogP contribution in [0.4, 0.5) is 0 Å². The van der Waals surface area contributed by atoms with Gasteiger partial charge in [0.1, 0.15) is 10.6 Å². The molecule has 1 unspecified atom stereocenters. The molecule has 0 aromatic heterocycles. The van der Waals surface area contributed by atoms with Crippen LogP contribution in [0.15, 0.2) is 23.1 Å². The van der Waals surface area contributed by atoms with E-state index in [0.717, 1.165) is 12.8 Å². The molecule has 1 aliphatic rings. The number of primary sulfonamides is 1. The molecule has 0 aliphatic carbocycles. The molecule has 1 heterocycles. The highest BCUT2D eigenvalue weighted by Gasteiger charge is 2.20. The van der Waals surface area contributed by atoms with Gasteiger partial charge in [0.15, 0.2) is 0 Å². The molecule has 1 fully saturated rings. The van der Waals surface area contributed by atoms with Gasteiger partial charge in [0.2, 0.25) is 10.0 Å². The predicted octanol–water partition coefficient (Wildman–Crippen LogP) is 0.251. The maximum atomic E-state index is 12.1. The first kappa shape index (κ1) is 15.7. The van der Waals surface area contributed by atoms with E-state index in [0.29, 0.717) is 13.2 Å². The number of ether oxygens (including phenoxy) is 2. The molecule has 2 rings (SSSR count). The average molecular weight is 314 g/mol. The molecule has 21 heavy (non-hydrogen) atoms. The Balaban J connectivity index is 2.21. The number of hydrogen-bond donors (Lipinski definition) is 2. The van der Waals surface area contributed by atoms with Gasteiger partial charge in [0.05, 0.1) is 19.8 Å². The van der Waals surface area contributed by atoms with Crippen LogP contribution in [0.2, 0.25) is 0 Å². The van der Waals surface area contributed by atoms with E-state index in [1.807, 2.05) is 0 Å². The van der Waals surface area contributed by atoms with Crippen molar-refractivity contribution in [3.8, 4) is 5.75 Å². The fourth-order valence-electron chi connectivity index (χ4n) is 2.16. The minimum Gasteiger partial charge on any atom is -0.495 e. The third-order valence-electron chi connectivity index (χ3n) is 3.23. The highest BCUT2D eigenvalue weighted by atomic mass is 32.2. The molecule has 1 saturated heterocycles. The second kappa shape index (κ2) is 6.42. The standard InChI is InChI=1S/C13H18N2O5S/c1-19-11-5-4-9(7-12(11)21(14,17)18)13(16)15-10-3-2-6-20-8-10/h4-5,7,10H,2-3,6,8H2,1H3,(H,15,16)(H2,14,17,18). The number of amides is 1. The van der Waals surface area contributed by atoms with Gasteiger partial charge >= 0.3 is 0 Å². The van der Waals surface area contributed by atoms with Crippen molar-refractivity contribution in [1.29, 1.82) is 0 Å². The Kier molecular flexibility index (Phi) is 4.81. The van der Waals surface area contributed by atoms with Gasteiger partial charge in [-0.05, 0) is 31.0 Å². The number of methoxy groups -OCH3 is 1. The number of nitrogens with two attached hydrogens (primary N) is 1. The topological polar surface area (TPSA) is 108 Å². The van der Waals surface area contributed by atoms with Crippen LogP contribution in [-0.4, -0.2) is 40.7 Å². The molecule has 116 valence electrons. The highest BCUT2D eigenvalue weighted by Crippen LogP contribution is 2.23. The fourth-order valence-corrected chi connectivity index (χ4v) is 2.89. The molecule has 1 atom stereocenters. The Morgan fingerprint density at radius 3 is 2.81 bits per heavy atom. The molecule has 0 spiro atoms. The normalized spacial score (nSPS) is 19.0. The maximum absolute atomic E-state index is 12.1. The summed E-state index contributed by atoms with van der Waals surface area (Å²) in [5.74, 6) is -0.256. The molecule has 1 aromatic rings. The molecule has 7 nitrogen and oxygen atoms in total. The fraction of sp³-hybridized carbons (Fsp3) is 0.462. The summed E-state index contributed by atoms with van der Waals surface area (Å²) in [5.41, 5.74) is 0.213. The first-order valence-electron chi connectivity index (χ1n) is 6.51. The van der Waals surface area contributed by atoms with Gasteiger partial charge in [-0.1, -0.05) is 0 Å². The number of carbonyl (C=O) groups excluding carboxylic acids is 1. The third-order valence-corrected chi connectivity index (χ3v) is 4.16. The van der Waals surface area contributed by atoms with E-state index < -0.39 is 10.0 Å². The molecule has 3 N–H and O–H groups in total. The second-order valence-electron chi connectivity index (χ2n) is 4.80. The maximum Gasteiger partial charge on any atom is 0.251 e. The molecule has 1 aliphatic heterocycles. The van der Waals surface area contributed by atoms with Gasteiger partial charge in [0, 0.05) is 12.2 Å². The van der Waals surface area contributed by atoms with Gasteiger partial charge in [0.25, 0.3) is 5.91 Å². The van der Waals surface area contributed by atoms with Gasteiger partial charge in [-0.15, -0.1) is 0 Å². The first-order chi connectivity index (χ1) is 9.91. The quantitative estimate of drug-likeness (QED) is 0.828. The minimum absolute atomic E-state index is 0.0636. The Hall–Kier alpha value is -1.64. The Bertz CT molecular complexity index is 623. The third kappa shape index (κ3) is 3.93. The van der Waals surface area contributed by atoms with Crippen molar-refractivity contribution in [2.24, 2.45) is 5.14 Å². The second-order valence-corrected chi connectivity index (χ2v) is 6.33. The lowest BCUT2D eigenvalue weighted by Crippen LogP contribution is -2.40. The zero-order valence-electron chi connectivity index (χ0n) is 11.7. The van der Waals surface area contributed by atoms with E-state index in [1.165, 1.54) is 25.3 Å². The van der Waals surface area contributed by atoms with Gasteiger partial charge in [-0.25, -0.2) is 13.6 Å². The van der Waals surface area contributed by atoms with Crippen LogP contribution in [0.25, 0.3) is 0 Å². The van der Waals surface area contributed by atoms with E-state index in [4.69, 9.17) is 14.6 Å². The summed E-state index contributed by atoms with van der Waals surface area (Å²) in [6.07, 6.45) is 1.72. The largest absolute Gasteiger partial charge is 0.495 e. The summed E-state index contributed by atoms with van der Waals surface area (Å²) < 4.78 is 33.3. The molecule has 1 amide bonds. The van der Waals surface area contributed by atoms with Crippen molar-refractivity contribution in [3.63, 3.8) is 0 Å². The number of rotatable bonds is 4. The van der Waals surface area contributed by atoms with Crippen LogP contribution < -0.4 is 15.2 Å². The van der Waals surface area contributed by atoms with Crippen molar-refractivity contribution in [3.05, 3.63) is 23.8 Å². The van der Waals surface area contributed by atoms with Crippen molar-refractivity contribution in [1.82, 2.24) is 5.32 Å². The molecular formula is C13H18N2O5S. The van der Waals surface area contributed by atoms with Crippen molar-refractivity contribution in [2.75, 3.05) is 20.3 Å². The zero-order valence-corrected chi connectivity index (χ0v) is 12.5. The Labute approximate surface area is 123 Å². The Morgan fingerprint density at radius 1 is 1.48 bits per heavy atom. The highest BCUT2D eigenvalue weighted by molar-refractivity contribution is 7.89. The van der Waals surface area contributed by atoms with Crippen molar-refractivity contribution < 1.29 is 22.7 Å². The monoisotopic (exact) mass is 314 g/mol. The number of sulfonamides is 1. The lowest BCUT2D eigenvalue weighted by Gasteiger charge is -2.23. The van der Waals surface area contributed by atoms with Crippen molar-refractivity contribution >= 4 is 15.9 Å². The van der Waals surface area contributed by atoms with Crippen LogP contribution in [0.5, 0.6) is 5.75 Å². The van der Waals surface area contributed by atoms with Crippen molar-refractivity contribution in [2.45, 2.75) is 23.8 Å². The lowest BCUT2D eigenvalue weighted by atomic mass is 10.1. The zero-order chi connectivity index (χ0) is 15.5. The summed E-state index contributed by atoms with van der Waals surface area (Å²) in [4.78, 5) is 11.9. The van der Waals surface area contributed by atoms with Crippen LogP contribution in [0.3, 0.4) is 0 Å². The Morgan fingerprint density at radius 2 is 2.24 bits per heavy atom. The summed E-state index contributed by atoms with van der Waals surface area (Å²) in [6.45, 7) is 1.16. The van der Waals surface area contributed by atoms with Gasteiger partial charge < -0.3 is 14.8 Å². The van der Waals surface area contributed by atoms with E-state index in [-0.39, 0.29) is 28.2 Å². The molecular weight excluding hydrogens is 296 g/mol. The van der Waals surface area contributed by atoms with Crippen LogP contribution in [0, 0.1) is 0 Å². The van der Waals surface area contributed by atoms with Crippen LogP contribution in [-0.2, 0) is 14.8 Å². The summed E-state index contributed by atoms with van der Waals surface area (Å²) >= 11 is 0. The molecule has 0 saturated carbocycles. The number of nitrogens with one attached hydrogen (secondary N) is 1. The predicted molar refractivity (Wildman–Crippen MR) is 75.7 cm³/mol. The smallest absolute Gasteiger partial charge is 0.251 e. The van der Waals surface area contributed by atoms with E-state index in [9.17, 15) is 13.2 Å². The van der Waals surface area contributed by atoms with Gasteiger partial charge in [-0.2, -0.15) is 0 Å². The molecule has 0 bridgehead atoms. The van der Waals surface area contributed by atoms with Gasteiger partial charge in [-0.3, -0.25) is 4.79 Å². The summed E-state index contributed by atoms with van der Waals surface area (Å²) in [5, 5.41) is 7.94. The molecule has 0 radical (unpaired) electrons. The first-order valence-corrected chi connectivity index (χ1v) is 8.06. The summed E-state index contributed by atoms with van der Waals surface area (Å²) in [7, 11) is -2.63. The molecule has 1 aromatic carbocycles. The SMILES string of the molecule is COc1ccc(C(=O)NC2CCCOC2)cc1S(N)(=O)=O. The van der Waals surface area contributed by atoms with E-state index in [2.05, 4.69) is 5.32 Å². The summed E-state index contributed by atoms with van der Waals surface area (Å²) in [6, 6.07) is 4.05.